The van der Waals surface area contributed by atoms with Gasteiger partial charge in [0.1, 0.15) is 23.3 Å². The van der Waals surface area contributed by atoms with Gasteiger partial charge >= 0.3 is 0 Å². The highest BCUT2D eigenvalue weighted by Crippen LogP contribution is 2.31. The van der Waals surface area contributed by atoms with Gasteiger partial charge in [-0.05, 0) is 18.9 Å². The number of aromatic nitrogens is 2. The Hall–Kier alpha value is -1.60. The number of nitrogens with zero attached hydrogens (tertiary/aromatic N) is 3. The lowest BCUT2D eigenvalue weighted by atomic mass is 10.1. The van der Waals surface area contributed by atoms with Crippen LogP contribution in [-0.2, 0) is 13.0 Å². The molecule has 0 saturated heterocycles. The van der Waals surface area contributed by atoms with E-state index in [0.717, 1.165) is 47.4 Å². The van der Waals surface area contributed by atoms with Gasteiger partial charge in [-0.2, -0.15) is 5.26 Å². The van der Waals surface area contributed by atoms with Crippen molar-refractivity contribution in [3.05, 3.63) is 40.3 Å². The van der Waals surface area contributed by atoms with Crippen LogP contribution < -0.4 is 0 Å². The molecular formula is C14H12BrN3. The summed E-state index contributed by atoms with van der Waals surface area (Å²) in [4.78, 5) is 4.66. The largest absolute Gasteiger partial charge is 0.319 e. The molecule has 3 rings (SSSR count). The van der Waals surface area contributed by atoms with Crippen LogP contribution in [0.1, 0.15) is 24.4 Å². The first-order valence-electron chi connectivity index (χ1n) is 6.05. The van der Waals surface area contributed by atoms with Crippen molar-refractivity contribution in [2.24, 2.45) is 0 Å². The van der Waals surface area contributed by atoms with Gasteiger partial charge in [-0.1, -0.05) is 34.1 Å². The molecule has 0 saturated carbocycles. The first-order valence-corrected chi connectivity index (χ1v) is 6.85. The second kappa shape index (κ2) is 4.58. The van der Waals surface area contributed by atoms with Crippen LogP contribution in [0.4, 0.5) is 0 Å². The molecule has 0 fully saturated rings. The van der Waals surface area contributed by atoms with E-state index in [1.54, 1.807) is 0 Å². The van der Waals surface area contributed by atoms with Gasteiger partial charge < -0.3 is 4.57 Å². The van der Waals surface area contributed by atoms with E-state index in [4.69, 9.17) is 0 Å². The number of halogens is 1. The molecule has 90 valence electrons. The van der Waals surface area contributed by atoms with E-state index in [-0.39, 0.29) is 0 Å². The minimum atomic E-state index is 0.691. The van der Waals surface area contributed by atoms with E-state index >= 15 is 0 Å². The number of fused-ring (bicyclic) bond motifs is 1. The molecule has 0 spiro atoms. The molecule has 4 heteroatoms. The third-order valence-corrected chi connectivity index (χ3v) is 4.01. The molecule has 0 atom stereocenters. The lowest BCUT2D eigenvalue weighted by Gasteiger charge is -2.13. The predicted molar refractivity (Wildman–Crippen MR) is 73.0 cm³/mol. The molecule has 2 heterocycles. The standard InChI is InChI=1S/C14H12BrN3/c15-11-6-2-1-5-10(11)14-12(9-16)18-8-4-3-7-13(18)17-14/h1-2,5-6H,3-4,7-8H2. The predicted octanol–water partition coefficient (Wildman–Crippen LogP) is 3.52. The zero-order valence-electron chi connectivity index (χ0n) is 9.86. The molecule has 3 nitrogen and oxygen atoms in total. The van der Waals surface area contributed by atoms with E-state index in [1.807, 2.05) is 24.3 Å². The molecule has 0 radical (unpaired) electrons. The Morgan fingerprint density at radius 2 is 2.11 bits per heavy atom. The van der Waals surface area contributed by atoms with Crippen LogP contribution in [0.5, 0.6) is 0 Å². The first kappa shape index (κ1) is 11.5. The van der Waals surface area contributed by atoms with E-state index < -0.39 is 0 Å². The summed E-state index contributed by atoms with van der Waals surface area (Å²) in [6.07, 6.45) is 3.27. The van der Waals surface area contributed by atoms with Gasteiger partial charge in [-0.15, -0.1) is 0 Å². The Morgan fingerprint density at radius 1 is 1.28 bits per heavy atom. The zero-order chi connectivity index (χ0) is 12.5. The average molecular weight is 302 g/mol. The van der Waals surface area contributed by atoms with Gasteiger partial charge in [0.05, 0.1) is 0 Å². The van der Waals surface area contributed by atoms with E-state index in [0.29, 0.717) is 5.69 Å². The number of hydrogen-bond acceptors (Lipinski definition) is 2. The van der Waals surface area contributed by atoms with Crippen LogP contribution in [0.3, 0.4) is 0 Å². The van der Waals surface area contributed by atoms with Crippen LogP contribution in [0, 0.1) is 11.3 Å². The van der Waals surface area contributed by atoms with Crippen molar-refractivity contribution in [2.45, 2.75) is 25.8 Å². The first-order chi connectivity index (χ1) is 8.81. The average Bonchev–Trinajstić information content (AvgIpc) is 2.77. The van der Waals surface area contributed by atoms with Gasteiger partial charge in [0.25, 0.3) is 0 Å². The summed E-state index contributed by atoms with van der Waals surface area (Å²) in [5, 5.41) is 9.39. The second-order valence-corrected chi connectivity index (χ2v) is 5.28. The Balaban J connectivity index is 2.22. The normalized spacial score (nSPS) is 14.0. The molecule has 0 aliphatic carbocycles. The van der Waals surface area contributed by atoms with Crippen molar-refractivity contribution in [3.63, 3.8) is 0 Å². The fourth-order valence-corrected chi connectivity index (χ4v) is 2.91. The van der Waals surface area contributed by atoms with Gasteiger partial charge in [0.2, 0.25) is 0 Å². The van der Waals surface area contributed by atoms with Gasteiger partial charge in [-0.3, -0.25) is 0 Å². The van der Waals surface area contributed by atoms with Gasteiger partial charge in [-0.25, -0.2) is 4.98 Å². The minimum absolute atomic E-state index is 0.691. The molecule has 2 aromatic rings. The lowest BCUT2D eigenvalue weighted by molar-refractivity contribution is 0.519. The van der Waals surface area contributed by atoms with Crippen molar-refractivity contribution < 1.29 is 0 Å². The third kappa shape index (κ3) is 1.75. The quantitative estimate of drug-likeness (QED) is 0.808. The van der Waals surface area contributed by atoms with E-state index in [9.17, 15) is 5.26 Å². The molecule has 1 aliphatic heterocycles. The maximum absolute atomic E-state index is 9.39. The third-order valence-electron chi connectivity index (χ3n) is 3.31. The number of aryl methyl sites for hydroxylation is 1. The topological polar surface area (TPSA) is 41.6 Å². The van der Waals surface area contributed by atoms with Crippen molar-refractivity contribution in [2.75, 3.05) is 0 Å². The van der Waals surface area contributed by atoms with Gasteiger partial charge in [0.15, 0.2) is 0 Å². The highest BCUT2D eigenvalue weighted by atomic mass is 79.9. The monoisotopic (exact) mass is 301 g/mol. The Kier molecular flexibility index (Phi) is 2.92. The number of benzene rings is 1. The molecular weight excluding hydrogens is 290 g/mol. The number of imidazole rings is 1. The van der Waals surface area contributed by atoms with Crippen molar-refractivity contribution in [1.82, 2.24) is 9.55 Å². The maximum Gasteiger partial charge on any atom is 0.148 e. The zero-order valence-corrected chi connectivity index (χ0v) is 11.4. The maximum atomic E-state index is 9.39. The Bertz CT molecular complexity index is 637. The fraction of sp³-hybridized carbons (Fsp3) is 0.286. The highest BCUT2D eigenvalue weighted by molar-refractivity contribution is 9.10. The summed E-state index contributed by atoms with van der Waals surface area (Å²) in [5.41, 5.74) is 2.49. The number of nitriles is 1. The van der Waals surface area contributed by atoms with Crippen LogP contribution in [0.25, 0.3) is 11.3 Å². The summed E-state index contributed by atoms with van der Waals surface area (Å²) in [7, 11) is 0. The molecule has 0 amide bonds. The molecule has 18 heavy (non-hydrogen) atoms. The molecule has 1 aromatic heterocycles. The summed E-state index contributed by atoms with van der Waals surface area (Å²) >= 11 is 3.53. The fourth-order valence-electron chi connectivity index (χ4n) is 2.44. The number of hydrogen-bond donors (Lipinski definition) is 0. The molecule has 1 aliphatic rings. The van der Waals surface area contributed by atoms with Crippen molar-refractivity contribution in [1.29, 1.82) is 5.26 Å². The minimum Gasteiger partial charge on any atom is -0.319 e. The molecule has 0 N–H and O–H groups in total. The van der Waals surface area contributed by atoms with Crippen LogP contribution in [-0.4, -0.2) is 9.55 Å². The molecule has 0 bridgehead atoms. The van der Waals surface area contributed by atoms with Crippen LogP contribution in [0.2, 0.25) is 0 Å². The SMILES string of the molecule is N#Cc1c(-c2ccccc2Br)nc2n1CCCC2. The molecule has 0 unspecified atom stereocenters. The highest BCUT2D eigenvalue weighted by Gasteiger charge is 2.21. The van der Waals surface area contributed by atoms with E-state index in [2.05, 4.69) is 31.6 Å². The Labute approximate surface area is 114 Å². The lowest BCUT2D eigenvalue weighted by Crippen LogP contribution is -2.11. The smallest absolute Gasteiger partial charge is 0.148 e. The summed E-state index contributed by atoms with van der Waals surface area (Å²) < 4.78 is 3.05. The van der Waals surface area contributed by atoms with Gasteiger partial charge in [0, 0.05) is 23.0 Å². The summed E-state index contributed by atoms with van der Waals surface area (Å²) in [6.45, 7) is 0.912. The molecule has 1 aromatic carbocycles. The summed E-state index contributed by atoms with van der Waals surface area (Å²) in [5.74, 6) is 1.04. The van der Waals surface area contributed by atoms with E-state index in [1.165, 1.54) is 0 Å². The Morgan fingerprint density at radius 3 is 2.89 bits per heavy atom. The van der Waals surface area contributed by atoms with Crippen molar-refractivity contribution >= 4 is 15.9 Å². The number of rotatable bonds is 1. The second-order valence-electron chi connectivity index (χ2n) is 4.43. The van der Waals surface area contributed by atoms with Crippen molar-refractivity contribution in [3.8, 4) is 17.3 Å². The summed E-state index contributed by atoms with van der Waals surface area (Å²) in [6, 6.07) is 10.2. The van der Waals surface area contributed by atoms with Crippen LogP contribution >= 0.6 is 15.9 Å². The van der Waals surface area contributed by atoms with Crippen LogP contribution in [0.15, 0.2) is 28.7 Å².